The number of carbonyl (C=O) groups is 1. The quantitative estimate of drug-likeness (QED) is 0.738. The minimum Gasteiger partial charge on any atom is -0.497 e. The molecule has 2 aromatic carbocycles. The summed E-state index contributed by atoms with van der Waals surface area (Å²) in [4.78, 5) is 17.1. The smallest absolute Gasteiger partial charge is 0.253 e. The first-order chi connectivity index (χ1) is 12.5. The summed E-state index contributed by atoms with van der Waals surface area (Å²) in [5.74, 6) is 0.562. The monoisotopic (exact) mass is 350 g/mol. The Morgan fingerprint density at radius 2 is 1.92 bits per heavy atom. The molecule has 1 atom stereocenters. The van der Waals surface area contributed by atoms with Crippen molar-refractivity contribution in [2.24, 2.45) is 0 Å². The van der Waals surface area contributed by atoms with Gasteiger partial charge in [0.05, 0.1) is 30.0 Å². The lowest BCUT2D eigenvalue weighted by Crippen LogP contribution is -2.24. The van der Waals surface area contributed by atoms with E-state index in [1.165, 1.54) is 0 Å². The molecule has 1 heterocycles. The van der Waals surface area contributed by atoms with Crippen LogP contribution in [-0.2, 0) is 6.54 Å². The summed E-state index contributed by atoms with van der Waals surface area (Å²) in [7, 11) is 1.61. The van der Waals surface area contributed by atoms with Gasteiger partial charge in [-0.2, -0.15) is 0 Å². The van der Waals surface area contributed by atoms with Crippen molar-refractivity contribution < 1.29 is 14.6 Å². The molecule has 2 N–H and O–H groups in total. The van der Waals surface area contributed by atoms with Gasteiger partial charge in [-0.1, -0.05) is 24.3 Å². The number of benzene rings is 2. The lowest BCUT2D eigenvalue weighted by molar-refractivity contribution is 0.0950. The number of ether oxygens (including phenoxy) is 1. The number of pyridine rings is 1. The molecule has 5 heteroatoms. The van der Waals surface area contributed by atoms with Gasteiger partial charge in [-0.3, -0.25) is 9.78 Å². The van der Waals surface area contributed by atoms with Crippen molar-refractivity contribution in [3.05, 3.63) is 70.9 Å². The maximum atomic E-state index is 12.6. The molecular weight excluding hydrogens is 328 g/mol. The Kier molecular flexibility index (Phi) is 5.19. The second kappa shape index (κ2) is 7.54. The third kappa shape index (κ3) is 3.83. The van der Waals surface area contributed by atoms with Crippen molar-refractivity contribution in [1.82, 2.24) is 10.3 Å². The number of aromatic nitrogens is 1. The van der Waals surface area contributed by atoms with Gasteiger partial charge in [-0.15, -0.1) is 0 Å². The molecule has 0 aliphatic heterocycles. The molecule has 0 saturated carbocycles. The van der Waals surface area contributed by atoms with E-state index >= 15 is 0 Å². The summed E-state index contributed by atoms with van der Waals surface area (Å²) in [6.45, 7) is 3.96. The molecule has 3 aromatic rings. The molecule has 3 rings (SSSR count). The van der Waals surface area contributed by atoms with E-state index in [9.17, 15) is 9.90 Å². The average molecular weight is 350 g/mol. The second-order valence-corrected chi connectivity index (χ2v) is 6.28. The standard InChI is InChI=1S/C21H22N2O3/c1-13-19(11-17-10-18(26-3)8-9-20(17)23-13)21(25)22-12-15-4-6-16(7-5-15)14(2)24/h4-11,14,24H,12H2,1-3H3,(H,22,25)/t14-/m0/s1. The fraction of sp³-hybridized carbons (Fsp3) is 0.238. The lowest BCUT2D eigenvalue weighted by atomic mass is 10.1. The number of rotatable bonds is 5. The number of hydrogen-bond acceptors (Lipinski definition) is 4. The van der Waals surface area contributed by atoms with Crippen LogP contribution in [0.5, 0.6) is 5.75 Å². The van der Waals surface area contributed by atoms with Gasteiger partial charge in [0.15, 0.2) is 0 Å². The number of methoxy groups -OCH3 is 1. The molecule has 26 heavy (non-hydrogen) atoms. The number of nitrogens with zero attached hydrogens (tertiary/aromatic N) is 1. The lowest BCUT2D eigenvalue weighted by Gasteiger charge is -2.10. The third-order valence-electron chi connectivity index (χ3n) is 4.37. The highest BCUT2D eigenvalue weighted by molar-refractivity contribution is 5.98. The van der Waals surface area contributed by atoms with Crippen molar-refractivity contribution in [2.45, 2.75) is 26.5 Å². The SMILES string of the molecule is COc1ccc2nc(C)c(C(=O)NCc3ccc([C@H](C)O)cc3)cc2c1. The molecule has 0 aliphatic carbocycles. The van der Waals surface area contributed by atoms with E-state index in [1.807, 2.05) is 55.5 Å². The molecule has 0 spiro atoms. The molecule has 1 amide bonds. The first-order valence-corrected chi connectivity index (χ1v) is 8.48. The summed E-state index contributed by atoms with van der Waals surface area (Å²) in [5.41, 5.74) is 3.88. The highest BCUT2D eigenvalue weighted by Crippen LogP contribution is 2.22. The number of fused-ring (bicyclic) bond motifs is 1. The van der Waals surface area contributed by atoms with Gasteiger partial charge in [-0.25, -0.2) is 0 Å². The van der Waals surface area contributed by atoms with Crippen molar-refractivity contribution in [3.8, 4) is 5.75 Å². The first-order valence-electron chi connectivity index (χ1n) is 8.48. The number of nitrogens with one attached hydrogen (secondary N) is 1. The Balaban J connectivity index is 1.77. The number of amides is 1. The van der Waals surface area contributed by atoms with E-state index in [-0.39, 0.29) is 5.91 Å². The Hall–Kier alpha value is -2.92. The normalized spacial score (nSPS) is 12.0. The van der Waals surface area contributed by atoms with Crippen LogP contribution in [0, 0.1) is 6.92 Å². The van der Waals surface area contributed by atoms with Gasteiger partial charge in [0.2, 0.25) is 0 Å². The average Bonchev–Trinajstić information content (AvgIpc) is 2.65. The second-order valence-electron chi connectivity index (χ2n) is 6.28. The van der Waals surface area contributed by atoms with Gasteiger partial charge in [0.1, 0.15) is 5.75 Å². The predicted molar refractivity (Wildman–Crippen MR) is 101 cm³/mol. The van der Waals surface area contributed by atoms with E-state index in [0.717, 1.165) is 27.8 Å². The summed E-state index contributed by atoms with van der Waals surface area (Å²) < 4.78 is 5.24. The number of aliphatic hydroxyl groups excluding tert-OH is 1. The number of carbonyl (C=O) groups excluding carboxylic acids is 1. The van der Waals surface area contributed by atoms with Crippen molar-refractivity contribution >= 4 is 16.8 Å². The summed E-state index contributed by atoms with van der Waals surface area (Å²) in [5, 5.41) is 13.3. The maximum Gasteiger partial charge on any atom is 0.253 e. The van der Waals surface area contributed by atoms with E-state index in [0.29, 0.717) is 17.8 Å². The van der Waals surface area contributed by atoms with Crippen LogP contribution in [-0.4, -0.2) is 23.1 Å². The Morgan fingerprint density at radius 1 is 1.19 bits per heavy atom. The van der Waals surface area contributed by atoms with Gasteiger partial charge in [0, 0.05) is 11.9 Å². The van der Waals surface area contributed by atoms with Crippen molar-refractivity contribution in [2.75, 3.05) is 7.11 Å². The number of hydrogen-bond donors (Lipinski definition) is 2. The van der Waals surface area contributed by atoms with Crippen LogP contribution in [0.4, 0.5) is 0 Å². The van der Waals surface area contributed by atoms with Crippen LogP contribution in [0.25, 0.3) is 10.9 Å². The van der Waals surface area contributed by atoms with Crippen molar-refractivity contribution in [1.29, 1.82) is 0 Å². The topological polar surface area (TPSA) is 71.5 Å². The number of aryl methyl sites for hydroxylation is 1. The maximum absolute atomic E-state index is 12.6. The largest absolute Gasteiger partial charge is 0.497 e. The molecule has 0 aliphatic rings. The highest BCUT2D eigenvalue weighted by atomic mass is 16.5. The van der Waals surface area contributed by atoms with E-state index < -0.39 is 6.10 Å². The molecule has 0 unspecified atom stereocenters. The van der Waals surface area contributed by atoms with Gasteiger partial charge >= 0.3 is 0 Å². The summed E-state index contributed by atoms with van der Waals surface area (Å²) in [6.07, 6.45) is -0.498. The van der Waals surface area contributed by atoms with Crippen LogP contribution < -0.4 is 10.1 Å². The zero-order chi connectivity index (χ0) is 18.7. The Bertz CT molecular complexity index is 934. The number of aliphatic hydroxyl groups is 1. The fourth-order valence-corrected chi connectivity index (χ4v) is 2.80. The van der Waals surface area contributed by atoms with Crippen LogP contribution in [0.15, 0.2) is 48.5 Å². The van der Waals surface area contributed by atoms with E-state index in [4.69, 9.17) is 4.74 Å². The molecule has 0 fully saturated rings. The zero-order valence-corrected chi connectivity index (χ0v) is 15.1. The summed E-state index contributed by atoms with van der Waals surface area (Å²) in [6, 6.07) is 15.0. The molecule has 134 valence electrons. The first kappa shape index (κ1) is 17.9. The van der Waals surface area contributed by atoms with Crippen LogP contribution in [0.2, 0.25) is 0 Å². The molecule has 5 nitrogen and oxygen atoms in total. The Morgan fingerprint density at radius 3 is 2.58 bits per heavy atom. The molecule has 0 radical (unpaired) electrons. The predicted octanol–water partition coefficient (Wildman–Crippen LogP) is 3.54. The van der Waals surface area contributed by atoms with Gasteiger partial charge in [-0.05, 0) is 49.2 Å². The third-order valence-corrected chi connectivity index (χ3v) is 4.37. The molecular formula is C21H22N2O3. The zero-order valence-electron chi connectivity index (χ0n) is 15.1. The van der Waals surface area contributed by atoms with Crippen molar-refractivity contribution in [3.63, 3.8) is 0 Å². The van der Waals surface area contributed by atoms with Gasteiger partial charge < -0.3 is 15.2 Å². The molecule has 0 bridgehead atoms. The highest BCUT2D eigenvalue weighted by Gasteiger charge is 2.12. The molecule has 1 aromatic heterocycles. The molecule has 0 saturated heterocycles. The fourth-order valence-electron chi connectivity index (χ4n) is 2.80. The minimum absolute atomic E-state index is 0.167. The van der Waals surface area contributed by atoms with Gasteiger partial charge in [0.25, 0.3) is 5.91 Å². The Labute approximate surface area is 152 Å². The van der Waals surface area contributed by atoms with Crippen LogP contribution in [0.1, 0.15) is 40.2 Å². The minimum atomic E-state index is -0.498. The van der Waals surface area contributed by atoms with E-state index in [1.54, 1.807) is 14.0 Å². The van der Waals surface area contributed by atoms with Crippen LogP contribution in [0.3, 0.4) is 0 Å². The van der Waals surface area contributed by atoms with Crippen LogP contribution >= 0.6 is 0 Å². The van der Waals surface area contributed by atoms with E-state index in [2.05, 4.69) is 10.3 Å². The summed E-state index contributed by atoms with van der Waals surface area (Å²) >= 11 is 0.